The van der Waals surface area contributed by atoms with Gasteiger partial charge in [0.25, 0.3) is 5.91 Å². The van der Waals surface area contributed by atoms with Crippen LogP contribution in [-0.2, 0) is 6.05 Å². The number of aromatic carboxylic acids is 1. The van der Waals surface area contributed by atoms with Gasteiger partial charge in [-0.1, -0.05) is 23.7 Å². The predicted octanol–water partition coefficient (Wildman–Crippen LogP) is 5.87. The van der Waals surface area contributed by atoms with Gasteiger partial charge in [0.15, 0.2) is 11.5 Å². The van der Waals surface area contributed by atoms with E-state index in [1.165, 1.54) is 36.7 Å². The van der Waals surface area contributed by atoms with Crippen LogP contribution in [0.15, 0.2) is 85.6 Å². The van der Waals surface area contributed by atoms with Crippen molar-refractivity contribution in [3.05, 3.63) is 113 Å². The number of rotatable bonds is 8. The number of amides is 1. The fourth-order valence-corrected chi connectivity index (χ4v) is 3.81. The molecular weight excluding hydrogens is 565 g/mol. The van der Waals surface area contributed by atoms with Crippen LogP contribution in [0.2, 0.25) is 5.02 Å². The Hall–Kier alpha value is -5.30. The van der Waals surface area contributed by atoms with Gasteiger partial charge in [0.1, 0.15) is 5.75 Å². The zero-order chi connectivity index (χ0) is 29.1. The number of aromatic nitrogens is 5. The van der Waals surface area contributed by atoms with Gasteiger partial charge in [0, 0.05) is 36.0 Å². The number of carbonyl (C=O) groups is 2. The zero-order valence-corrected chi connectivity index (χ0v) is 21.3. The van der Waals surface area contributed by atoms with Gasteiger partial charge < -0.3 is 15.2 Å². The lowest BCUT2D eigenvalue weighted by Crippen LogP contribution is -2.27. The molecule has 3 heterocycles. The summed E-state index contributed by atoms with van der Waals surface area (Å²) < 4.78 is 48.9. The zero-order valence-electron chi connectivity index (χ0n) is 20.5. The third-order valence-corrected chi connectivity index (χ3v) is 5.96. The maximum absolute atomic E-state index is 14.7. The van der Waals surface area contributed by atoms with Crippen LogP contribution < -0.4 is 10.1 Å². The molecule has 5 aromatic rings. The molecule has 41 heavy (non-hydrogen) atoms. The van der Waals surface area contributed by atoms with Crippen molar-refractivity contribution in [3.63, 3.8) is 0 Å². The van der Waals surface area contributed by atoms with E-state index in [2.05, 4.69) is 25.4 Å². The van der Waals surface area contributed by atoms with Crippen molar-refractivity contribution in [2.24, 2.45) is 0 Å². The van der Waals surface area contributed by atoms with Gasteiger partial charge in [0.05, 0.1) is 22.3 Å². The van der Waals surface area contributed by atoms with Gasteiger partial charge in [-0.15, -0.1) is 0 Å². The van der Waals surface area contributed by atoms with Crippen molar-refractivity contribution in [1.82, 2.24) is 24.7 Å². The van der Waals surface area contributed by atoms with Gasteiger partial charge in [0.2, 0.25) is 0 Å². The molecule has 0 unspecified atom stereocenters. The highest BCUT2D eigenvalue weighted by Gasteiger charge is 2.39. The molecule has 2 aromatic carbocycles. The molecule has 0 fully saturated rings. The minimum absolute atomic E-state index is 0.00664. The number of benzene rings is 2. The molecule has 0 saturated carbocycles. The third kappa shape index (κ3) is 5.84. The molecule has 0 spiro atoms. The molecule has 0 bridgehead atoms. The summed E-state index contributed by atoms with van der Waals surface area (Å²) in [5, 5.41) is 15.2. The van der Waals surface area contributed by atoms with Crippen LogP contribution in [-0.4, -0.2) is 41.7 Å². The Labute approximate surface area is 234 Å². The predicted molar refractivity (Wildman–Crippen MR) is 140 cm³/mol. The summed E-state index contributed by atoms with van der Waals surface area (Å²) >= 11 is 6.06. The Balaban J connectivity index is 1.23. The number of nitrogens with zero attached hydrogens (tertiary/aromatic N) is 5. The first kappa shape index (κ1) is 27.3. The molecule has 2 N–H and O–H groups in total. The standard InChI is InChI=1S/C27H16ClF3N6O4/c28-20-10-16(25(39)40)5-8-22(20)41-26-33-11-17(12-34-26)15-3-6-19(7-4-15)36-24(38)18-13-35-37(14-18)27(30,31)23-21(29)2-1-9-32-23/h1-14H,(H,36,38)(H,39,40). The van der Waals surface area contributed by atoms with E-state index >= 15 is 0 Å². The fraction of sp³-hybridized carbons (Fsp3) is 0.0370. The summed E-state index contributed by atoms with van der Waals surface area (Å²) in [7, 11) is 0. The maximum Gasteiger partial charge on any atom is 0.390 e. The van der Waals surface area contributed by atoms with Crippen molar-refractivity contribution in [2.45, 2.75) is 6.05 Å². The number of pyridine rings is 1. The molecule has 0 aliphatic heterocycles. The monoisotopic (exact) mass is 580 g/mol. The summed E-state index contributed by atoms with van der Waals surface area (Å²) in [6, 6.07) is 8.62. The number of hydrogen-bond donors (Lipinski definition) is 2. The Bertz CT molecular complexity index is 1750. The molecule has 1 amide bonds. The van der Waals surface area contributed by atoms with Crippen LogP contribution in [0.1, 0.15) is 26.4 Å². The number of hydrogen-bond acceptors (Lipinski definition) is 7. The molecule has 206 valence electrons. The number of anilines is 1. The number of nitrogens with one attached hydrogen (secondary N) is 1. The highest BCUT2D eigenvalue weighted by molar-refractivity contribution is 6.32. The van der Waals surface area contributed by atoms with Crippen molar-refractivity contribution >= 4 is 29.2 Å². The second kappa shape index (κ2) is 11.1. The van der Waals surface area contributed by atoms with Crippen molar-refractivity contribution in [3.8, 4) is 22.9 Å². The minimum Gasteiger partial charge on any atom is -0.478 e. The Morgan fingerprint density at radius 3 is 2.34 bits per heavy atom. The van der Waals surface area contributed by atoms with Crippen LogP contribution >= 0.6 is 11.6 Å². The number of ether oxygens (including phenoxy) is 1. The van der Waals surface area contributed by atoms with E-state index in [-0.39, 0.29) is 32.6 Å². The average molecular weight is 581 g/mol. The molecule has 0 saturated heterocycles. The second-order valence-corrected chi connectivity index (χ2v) is 8.79. The Morgan fingerprint density at radius 2 is 1.68 bits per heavy atom. The molecular formula is C27H16ClF3N6O4. The van der Waals surface area contributed by atoms with Gasteiger partial charge in [-0.2, -0.15) is 13.9 Å². The summed E-state index contributed by atoms with van der Waals surface area (Å²) in [5.41, 5.74) is 0.400. The van der Waals surface area contributed by atoms with E-state index in [4.69, 9.17) is 21.4 Å². The number of halogens is 4. The van der Waals surface area contributed by atoms with Gasteiger partial charge in [-0.25, -0.2) is 28.8 Å². The quantitative estimate of drug-likeness (QED) is 0.233. The molecule has 0 atom stereocenters. The first-order chi connectivity index (χ1) is 19.6. The summed E-state index contributed by atoms with van der Waals surface area (Å²) in [6.45, 7) is 0. The van der Waals surface area contributed by atoms with Gasteiger partial charge >= 0.3 is 18.0 Å². The average Bonchev–Trinajstić information content (AvgIpc) is 3.47. The molecule has 5 rings (SSSR count). The van der Waals surface area contributed by atoms with Crippen molar-refractivity contribution in [1.29, 1.82) is 0 Å². The second-order valence-electron chi connectivity index (χ2n) is 8.39. The number of alkyl halides is 2. The van der Waals surface area contributed by atoms with Gasteiger partial charge in [-0.05, 0) is 48.0 Å². The third-order valence-electron chi connectivity index (χ3n) is 5.66. The van der Waals surface area contributed by atoms with Gasteiger partial charge in [-0.3, -0.25) is 4.79 Å². The van der Waals surface area contributed by atoms with E-state index in [9.17, 15) is 22.8 Å². The molecule has 0 aliphatic carbocycles. The Kier molecular flexibility index (Phi) is 7.36. The van der Waals surface area contributed by atoms with Crippen molar-refractivity contribution in [2.75, 3.05) is 5.32 Å². The number of carbonyl (C=O) groups excluding carboxylic acids is 1. The summed E-state index contributed by atoms with van der Waals surface area (Å²) in [5.74, 6) is -2.85. The summed E-state index contributed by atoms with van der Waals surface area (Å²) in [6.07, 6.45) is 5.75. The SMILES string of the molecule is O=C(O)c1ccc(Oc2ncc(-c3ccc(NC(=O)c4cnn(C(F)(F)c5ncccc5F)c4)cc3)cn2)c(Cl)c1. The largest absolute Gasteiger partial charge is 0.478 e. The first-order valence-electron chi connectivity index (χ1n) is 11.6. The highest BCUT2D eigenvalue weighted by atomic mass is 35.5. The van der Waals surface area contributed by atoms with E-state index < -0.39 is 29.4 Å². The van der Waals surface area contributed by atoms with Crippen molar-refractivity contribution < 1.29 is 32.6 Å². The highest BCUT2D eigenvalue weighted by Crippen LogP contribution is 2.31. The molecule has 3 aromatic heterocycles. The van der Waals surface area contributed by atoms with E-state index in [1.54, 1.807) is 24.3 Å². The number of carboxylic acids is 1. The van der Waals surface area contributed by atoms with Crippen LogP contribution in [0.4, 0.5) is 18.9 Å². The van der Waals surface area contributed by atoms with E-state index in [0.29, 0.717) is 16.8 Å². The smallest absolute Gasteiger partial charge is 0.390 e. The van der Waals surface area contributed by atoms with Crippen LogP contribution in [0.5, 0.6) is 11.8 Å². The van der Waals surface area contributed by atoms with E-state index in [0.717, 1.165) is 24.7 Å². The molecule has 0 radical (unpaired) electrons. The summed E-state index contributed by atoms with van der Waals surface area (Å²) in [4.78, 5) is 35.3. The molecule has 10 nitrogen and oxygen atoms in total. The van der Waals surface area contributed by atoms with Crippen LogP contribution in [0.3, 0.4) is 0 Å². The Morgan fingerprint density at radius 1 is 0.951 bits per heavy atom. The van der Waals surface area contributed by atoms with Crippen LogP contribution in [0, 0.1) is 5.82 Å². The maximum atomic E-state index is 14.7. The lowest BCUT2D eigenvalue weighted by Gasteiger charge is -2.16. The lowest BCUT2D eigenvalue weighted by atomic mass is 10.1. The fourth-order valence-electron chi connectivity index (χ4n) is 3.59. The van der Waals surface area contributed by atoms with Crippen LogP contribution in [0.25, 0.3) is 11.1 Å². The normalized spacial score (nSPS) is 11.2. The minimum atomic E-state index is -3.91. The lowest BCUT2D eigenvalue weighted by molar-refractivity contribution is -0.0556. The first-order valence-corrected chi connectivity index (χ1v) is 12.0. The topological polar surface area (TPSA) is 132 Å². The molecule has 14 heteroatoms. The molecule has 0 aliphatic rings. The van der Waals surface area contributed by atoms with E-state index in [1.807, 2.05) is 0 Å². The number of carboxylic acid groups (broad SMARTS) is 1.